The van der Waals surface area contributed by atoms with Gasteiger partial charge in [-0.25, -0.2) is 8.78 Å². The van der Waals surface area contributed by atoms with Crippen molar-refractivity contribution in [3.8, 4) is 0 Å². The molecule has 0 amide bonds. The molecule has 0 spiro atoms. The van der Waals surface area contributed by atoms with Crippen LogP contribution in [0.3, 0.4) is 0 Å². The van der Waals surface area contributed by atoms with Crippen molar-refractivity contribution in [1.29, 1.82) is 0 Å². The van der Waals surface area contributed by atoms with Crippen molar-refractivity contribution in [1.82, 2.24) is 5.32 Å². The van der Waals surface area contributed by atoms with Gasteiger partial charge in [-0.3, -0.25) is 5.32 Å². The normalized spacial score (nSPS) is 49.2. The minimum Gasteiger partial charge on any atom is -0.251 e. The van der Waals surface area contributed by atoms with Crippen LogP contribution in [-0.2, 0) is 0 Å². The summed E-state index contributed by atoms with van der Waals surface area (Å²) < 4.78 is 22.0. The molecule has 2 unspecified atom stereocenters. The Hall–Kier alpha value is -0.180. The standard InChI is InChI=1S/C2H3F2N/c3-1-2(4)5-1/h1-2,5H. The molecule has 5 heavy (non-hydrogen) atoms. The summed E-state index contributed by atoms with van der Waals surface area (Å²) in [5.74, 6) is 0. The van der Waals surface area contributed by atoms with E-state index in [0.29, 0.717) is 0 Å². The Morgan fingerprint density at radius 1 is 1.20 bits per heavy atom. The molecule has 1 aliphatic rings. The molecule has 1 aliphatic heterocycles. The number of hydrogen-bond donors (Lipinski definition) is 1. The van der Waals surface area contributed by atoms with Gasteiger partial charge >= 0.3 is 0 Å². The van der Waals surface area contributed by atoms with E-state index in [9.17, 15) is 8.78 Å². The smallest absolute Gasteiger partial charge is 0.198 e. The van der Waals surface area contributed by atoms with Crippen LogP contribution in [0.5, 0.6) is 0 Å². The fraction of sp³-hybridized carbons (Fsp3) is 1.00. The monoisotopic (exact) mass is 79.0 g/mol. The van der Waals surface area contributed by atoms with Crippen molar-refractivity contribution in [2.24, 2.45) is 0 Å². The molecule has 0 aromatic heterocycles. The van der Waals surface area contributed by atoms with Gasteiger partial charge in [0.25, 0.3) is 0 Å². The van der Waals surface area contributed by atoms with Crippen LogP contribution in [0.25, 0.3) is 0 Å². The van der Waals surface area contributed by atoms with Gasteiger partial charge in [0.2, 0.25) is 0 Å². The lowest BCUT2D eigenvalue weighted by Gasteiger charge is -1.55. The van der Waals surface area contributed by atoms with Crippen LogP contribution in [0.1, 0.15) is 0 Å². The predicted octanol–water partition coefficient (Wildman–Crippen LogP) is 0.181. The van der Waals surface area contributed by atoms with Crippen molar-refractivity contribution in [3.05, 3.63) is 0 Å². The van der Waals surface area contributed by atoms with E-state index in [0.717, 1.165) is 0 Å². The van der Waals surface area contributed by atoms with E-state index in [1.54, 1.807) is 0 Å². The van der Waals surface area contributed by atoms with E-state index < -0.39 is 12.6 Å². The zero-order chi connectivity index (χ0) is 3.86. The van der Waals surface area contributed by atoms with Gasteiger partial charge in [-0.05, 0) is 0 Å². The van der Waals surface area contributed by atoms with Gasteiger partial charge in [-0.2, -0.15) is 0 Å². The van der Waals surface area contributed by atoms with Crippen molar-refractivity contribution < 1.29 is 8.78 Å². The van der Waals surface area contributed by atoms with E-state index in [1.165, 1.54) is 0 Å². The molecule has 2 atom stereocenters. The Balaban J connectivity index is 2.20. The molecule has 0 aromatic rings. The van der Waals surface area contributed by atoms with E-state index in [2.05, 4.69) is 0 Å². The SMILES string of the molecule is FC1NC1F. The summed E-state index contributed by atoms with van der Waals surface area (Å²) in [5.41, 5.74) is 0. The predicted molar refractivity (Wildman–Crippen MR) is 12.9 cm³/mol. The summed E-state index contributed by atoms with van der Waals surface area (Å²) in [5, 5.41) is 1.86. The molecule has 30 valence electrons. The summed E-state index contributed by atoms with van der Waals surface area (Å²) >= 11 is 0. The van der Waals surface area contributed by atoms with Gasteiger partial charge < -0.3 is 0 Å². The molecule has 0 aromatic carbocycles. The maximum Gasteiger partial charge on any atom is 0.198 e. The Morgan fingerprint density at radius 3 is 1.40 bits per heavy atom. The van der Waals surface area contributed by atoms with Crippen LogP contribution in [0, 0.1) is 0 Å². The molecule has 0 bridgehead atoms. The largest absolute Gasteiger partial charge is 0.251 e. The highest BCUT2D eigenvalue weighted by atomic mass is 19.2. The lowest BCUT2D eigenvalue weighted by atomic mass is 10.9. The van der Waals surface area contributed by atoms with Crippen LogP contribution in [0.2, 0.25) is 0 Å². The highest BCUT2D eigenvalue weighted by Crippen LogP contribution is 2.10. The van der Waals surface area contributed by atoms with E-state index >= 15 is 0 Å². The average Bonchev–Trinajstić information content (AvgIpc) is 1.79. The first-order valence-corrected chi connectivity index (χ1v) is 1.35. The van der Waals surface area contributed by atoms with E-state index in [4.69, 9.17) is 0 Å². The second-order valence-corrected chi connectivity index (χ2v) is 0.970. The molecular weight excluding hydrogens is 76.0 g/mol. The number of nitrogens with one attached hydrogen (secondary N) is 1. The second kappa shape index (κ2) is 0.653. The summed E-state index contributed by atoms with van der Waals surface area (Å²) in [6, 6.07) is 0. The number of alkyl halides is 2. The first-order chi connectivity index (χ1) is 2.30. The minimum absolute atomic E-state index is 1.37. The highest BCUT2D eigenvalue weighted by Gasteiger charge is 2.35. The first-order valence-electron chi connectivity index (χ1n) is 1.35. The van der Waals surface area contributed by atoms with Crippen LogP contribution in [0.15, 0.2) is 0 Å². The molecule has 1 N–H and O–H groups in total. The molecule has 0 radical (unpaired) electrons. The molecule has 3 heteroatoms. The quantitative estimate of drug-likeness (QED) is 0.324. The Bertz CT molecular complexity index is 40.9. The summed E-state index contributed by atoms with van der Waals surface area (Å²) in [6.07, 6.45) is -2.73. The third-order valence-corrected chi connectivity index (χ3v) is 0.466. The lowest BCUT2D eigenvalue weighted by molar-refractivity contribution is 0.372. The third kappa shape index (κ3) is 0.374. The highest BCUT2D eigenvalue weighted by molar-refractivity contribution is 4.77. The van der Waals surface area contributed by atoms with Crippen molar-refractivity contribution >= 4 is 0 Å². The number of rotatable bonds is 0. The maximum absolute atomic E-state index is 11.0. The fourth-order valence-corrected chi connectivity index (χ4v) is 0.0965. The minimum atomic E-state index is -1.37. The van der Waals surface area contributed by atoms with Gasteiger partial charge in [0.05, 0.1) is 0 Å². The van der Waals surface area contributed by atoms with Crippen LogP contribution in [0.4, 0.5) is 8.78 Å². The van der Waals surface area contributed by atoms with E-state index in [-0.39, 0.29) is 0 Å². The molecule has 1 fully saturated rings. The summed E-state index contributed by atoms with van der Waals surface area (Å²) in [6.45, 7) is 0. The lowest BCUT2D eigenvalue weighted by Crippen LogP contribution is -1.70. The van der Waals surface area contributed by atoms with Crippen molar-refractivity contribution in [2.45, 2.75) is 12.6 Å². The molecule has 0 saturated carbocycles. The molecule has 1 rings (SSSR count). The Labute approximate surface area is 28.0 Å². The second-order valence-electron chi connectivity index (χ2n) is 0.970. The number of halogens is 2. The zero-order valence-corrected chi connectivity index (χ0v) is 2.41. The zero-order valence-electron chi connectivity index (χ0n) is 2.41. The van der Waals surface area contributed by atoms with Crippen molar-refractivity contribution in [3.63, 3.8) is 0 Å². The van der Waals surface area contributed by atoms with Gasteiger partial charge in [-0.15, -0.1) is 0 Å². The molecule has 1 nitrogen and oxygen atoms in total. The fourth-order valence-electron chi connectivity index (χ4n) is 0.0965. The summed E-state index contributed by atoms with van der Waals surface area (Å²) in [4.78, 5) is 0. The number of hydrogen-bond acceptors (Lipinski definition) is 1. The molecule has 1 heterocycles. The van der Waals surface area contributed by atoms with Crippen LogP contribution in [-0.4, -0.2) is 12.6 Å². The van der Waals surface area contributed by atoms with Crippen LogP contribution < -0.4 is 5.32 Å². The molecule has 1 saturated heterocycles. The Morgan fingerprint density at radius 2 is 1.40 bits per heavy atom. The topological polar surface area (TPSA) is 21.9 Å². The van der Waals surface area contributed by atoms with Gasteiger partial charge in [0, 0.05) is 0 Å². The van der Waals surface area contributed by atoms with E-state index in [1.807, 2.05) is 5.32 Å². The first kappa shape index (κ1) is 3.03. The maximum atomic E-state index is 11.0. The van der Waals surface area contributed by atoms with Gasteiger partial charge in [-0.1, -0.05) is 0 Å². The van der Waals surface area contributed by atoms with Gasteiger partial charge in [0.15, 0.2) is 12.6 Å². The average molecular weight is 79.0 g/mol. The molecule has 0 aliphatic carbocycles. The van der Waals surface area contributed by atoms with Crippen LogP contribution >= 0.6 is 0 Å². The summed E-state index contributed by atoms with van der Waals surface area (Å²) in [7, 11) is 0. The van der Waals surface area contributed by atoms with Gasteiger partial charge in [0.1, 0.15) is 0 Å². The van der Waals surface area contributed by atoms with Crippen molar-refractivity contribution in [2.75, 3.05) is 0 Å². The Kier molecular flexibility index (Phi) is 0.395. The molecular formula is C2H3F2N. The third-order valence-electron chi connectivity index (χ3n) is 0.466.